The normalized spacial score (nSPS) is 27.6. The molecule has 2 aliphatic heterocycles. The highest BCUT2D eigenvalue weighted by molar-refractivity contribution is 6.04. The average molecular weight is 324 g/mol. The predicted molar refractivity (Wildman–Crippen MR) is 78.8 cm³/mol. The van der Waals surface area contributed by atoms with Crippen LogP contribution >= 0.6 is 0 Å². The molecule has 2 heterocycles. The zero-order valence-electron chi connectivity index (χ0n) is 12.7. The summed E-state index contributed by atoms with van der Waals surface area (Å²) in [6.45, 7) is 2.73. The van der Waals surface area contributed by atoms with Crippen LogP contribution in [0, 0.1) is 17.6 Å². The molecule has 3 atom stereocenters. The van der Waals surface area contributed by atoms with Crippen molar-refractivity contribution in [1.82, 2.24) is 4.90 Å². The van der Waals surface area contributed by atoms with Crippen molar-refractivity contribution in [3.8, 4) is 0 Å². The number of aliphatic hydroxyl groups is 1. The highest BCUT2D eigenvalue weighted by Crippen LogP contribution is 2.23. The molecule has 1 amide bonds. The van der Waals surface area contributed by atoms with Gasteiger partial charge in [-0.25, -0.2) is 8.78 Å². The number of β-amino-alcohol motifs (C(OH)–C–C–N with tert-alkyl or cyclic N) is 1. The van der Waals surface area contributed by atoms with Crippen molar-refractivity contribution in [2.45, 2.75) is 32.0 Å². The summed E-state index contributed by atoms with van der Waals surface area (Å²) in [5.41, 5.74) is 0.221. The molecule has 0 bridgehead atoms. The van der Waals surface area contributed by atoms with Crippen LogP contribution in [0.5, 0.6) is 0 Å². The van der Waals surface area contributed by atoms with E-state index in [0.717, 1.165) is 18.2 Å². The summed E-state index contributed by atoms with van der Waals surface area (Å²) >= 11 is 0. The number of aliphatic hydroxyl groups excluding tert-OH is 1. The number of nitrogens with zero attached hydrogens (tertiary/aromatic N) is 2. The molecule has 0 spiro atoms. The topological polar surface area (TPSA) is 62.1 Å². The number of piperidine rings is 1. The fraction of sp³-hybridized carbons (Fsp3) is 0.500. The van der Waals surface area contributed by atoms with Crippen LogP contribution in [0.1, 0.15) is 25.3 Å². The smallest absolute Gasteiger partial charge is 0.266 e. The van der Waals surface area contributed by atoms with Crippen LogP contribution in [-0.2, 0) is 9.63 Å². The summed E-state index contributed by atoms with van der Waals surface area (Å²) in [5, 5.41) is 13.6. The molecule has 124 valence electrons. The first-order chi connectivity index (χ1) is 11.0. The van der Waals surface area contributed by atoms with Gasteiger partial charge in [-0.15, -0.1) is 0 Å². The van der Waals surface area contributed by atoms with Gasteiger partial charge in [0.05, 0.1) is 11.8 Å². The van der Waals surface area contributed by atoms with E-state index >= 15 is 0 Å². The zero-order valence-corrected chi connectivity index (χ0v) is 12.7. The van der Waals surface area contributed by atoms with Gasteiger partial charge in [0.1, 0.15) is 11.6 Å². The van der Waals surface area contributed by atoms with Crippen LogP contribution in [0.15, 0.2) is 23.4 Å². The second kappa shape index (κ2) is 6.23. The van der Waals surface area contributed by atoms with Gasteiger partial charge in [0.15, 0.2) is 0 Å². The van der Waals surface area contributed by atoms with Crippen molar-refractivity contribution in [1.29, 1.82) is 0 Å². The fourth-order valence-corrected chi connectivity index (χ4v) is 2.84. The largest absolute Gasteiger partial charge is 0.391 e. The maximum Gasteiger partial charge on any atom is 0.266 e. The lowest BCUT2D eigenvalue weighted by Gasteiger charge is -2.35. The fourth-order valence-electron chi connectivity index (χ4n) is 2.84. The first-order valence-electron chi connectivity index (χ1n) is 7.60. The monoisotopic (exact) mass is 324 g/mol. The van der Waals surface area contributed by atoms with Gasteiger partial charge in [0, 0.05) is 25.1 Å². The molecule has 7 heteroatoms. The molecule has 0 saturated carbocycles. The Kier molecular flexibility index (Phi) is 4.30. The molecule has 5 nitrogen and oxygen atoms in total. The summed E-state index contributed by atoms with van der Waals surface area (Å²) in [6, 6.07) is 3.08. The summed E-state index contributed by atoms with van der Waals surface area (Å²) in [7, 11) is 0. The van der Waals surface area contributed by atoms with Gasteiger partial charge < -0.3 is 14.8 Å². The first-order valence-corrected chi connectivity index (χ1v) is 7.60. The second-order valence-corrected chi connectivity index (χ2v) is 6.08. The van der Waals surface area contributed by atoms with Crippen LogP contribution in [0.2, 0.25) is 0 Å². The Morgan fingerprint density at radius 1 is 1.43 bits per heavy atom. The number of carbonyl (C=O) groups is 1. The molecule has 0 aromatic heterocycles. The number of amides is 1. The minimum Gasteiger partial charge on any atom is -0.391 e. The molecule has 0 aliphatic carbocycles. The van der Waals surface area contributed by atoms with Gasteiger partial charge in [-0.3, -0.25) is 4.79 Å². The third-order valence-electron chi connectivity index (χ3n) is 4.41. The maximum absolute atomic E-state index is 13.8. The molecule has 1 N–H and O–H groups in total. The van der Waals surface area contributed by atoms with Crippen molar-refractivity contribution in [2.24, 2.45) is 11.1 Å². The van der Waals surface area contributed by atoms with E-state index in [1.165, 1.54) is 4.90 Å². The third kappa shape index (κ3) is 3.19. The summed E-state index contributed by atoms with van der Waals surface area (Å²) < 4.78 is 27.0. The number of halogens is 2. The second-order valence-electron chi connectivity index (χ2n) is 6.08. The van der Waals surface area contributed by atoms with Crippen LogP contribution in [0.3, 0.4) is 0 Å². The van der Waals surface area contributed by atoms with Crippen molar-refractivity contribution in [2.75, 3.05) is 13.1 Å². The number of rotatable bonds is 2. The number of likely N-dealkylation sites (tertiary alicyclic amines) is 1. The van der Waals surface area contributed by atoms with E-state index in [2.05, 4.69) is 5.16 Å². The number of oxime groups is 1. The lowest BCUT2D eigenvalue weighted by atomic mass is 9.95. The van der Waals surface area contributed by atoms with E-state index in [9.17, 15) is 18.7 Å². The van der Waals surface area contributed by atoms with Crippen LogP contribution in [0.4, 0.5) is 8.78 Å². The molecule has 2 aliphatic rings. The minimum atomic E-state index is -0.853. The maximum atomic E-state index is 13.8. The van der Waals surface area contributed by atoms with E-state index in [4.69, 9.17) is 4.84 Å². The Hall–Kier alpha value is -2.02. The van der Waals surface area contributed by atoms with E-state index < -0.39 is 23.8 Å². The van der Waals surface area contributed by atoms with Gasteiger partial charge in [-0.1, -0.05) is 12.1 Å². The molecule has 23 heavy (non-hydrogen) atoms. The van der Waals surface area contributed by atoms with Gasteiger partial charge >= 0.3 is 0 Å². The Bertz CT molecular complexity index is 650. The lowest BCUT2D eigenvalue weighted by molar-refractivity contribution is -0.146. The van der Waals surface area contributed by atoms with Crippen LogP contribution < -0.4 is 0 Å². The van der Waals surface area contributed by atoms with E-state index in [0.29, 0.717) is 13.0 Å². The van der Waals surface area contributed by atoms with E-state index in [1.54, 1.807) is 0 Å². The van der Waals surface area contributed by atoms with Crippen LogP contribution in [-0.4, -0.2) is 46.9 Å². The molecule has 1 aromatic carbocycles. The Morgan fingerprint density at radius 2 is 2.22 bits per heavy atom. The van der Waals surface area contributed by atoms with Gasteiger partial charge in [-0.2, -0.15) is 0 Å². The minimum absolute atomic E-state index is 0.00704. The summed E-state index contributed by atoms with van der Waals surface area (Å²) in [5.74, 6) is -1.32. The highest BCUT2D eigenvalue weighted by Gasteiger charge is 2.36. The van der Waals surface area contributed by atoms with Crippen molar-refractivity contribution in [3.05, 3.63) is 35.4 Å². The Balaban J connectivity index is 1.67. The standard InChI is InChI=1S/C16H18F2N2O3/c1-9-4-5-20(8-14(9)21)16(22)15-7-13(19-23-15)11-6-10(17)2-3-12(11)18/h2-3,6,9,14-15,21H,4-5,7-8H2,1H3. The van der Waals surface area contributed by atoms with Gasteiger partial charge in [0.25, 0.3) is 5.91 Å². The van der Waals surface area contributed by atoms with E-state index in [1.807, 2.05) is 6.92 Å². The van der Waals surface area contributed by atoms with Crippen LogP contribution in [0.25, 0.3) is 0 Å². The molecule has 1 saturated heterocycles. The molecular weight excluding hydrogens is 306 g/mol. The van der Waals surface area contributed by atoms with Crippen molar-refractivity contribution < 1.29 is 23.5 Å². The summed E-state index contributed by atoms with van der Waals surface area (Å²) in [6.07, 6.45) is -0.615. The Labute approximate surface area is 132 Å². The third-order valence-corrected chi connectivity index (χ3v) is 4.41. The number of hydrogen-bond donors (Lipinski definition) is 1. The molecular formula is C16H18F2N2O3. The lowest BCUT2D eigenvalue weighted by Crippen LogP contribution is -2.49. The summed E-state index contributed by atoms with van der Waals surface area (Å²) in [4.78, 5) is 19.1. The van der Waals surface area contributed by atoms with Gasteiger partial charge in [-0.05, 0) is 30.5 Å². The number of carbonyl (C=O) groups excluding carboxylic acids is 1. The van der Waals surface area contributed by atoms with E-state index in [-0.39, 0.29) is 36.1 Å². The molecule has 0 radical (unpaired) electrons. The molecule has 1 aromatic rings. The average Bonchev–Trinajstić information content (AvgIpc) is 3.01. The van der Waals surface area contributed by atoms with Gasteiger partial charge in [0.2, 0.25) is 6.10 Å². The van der Waals surface area contributed by atoms with Crippen molar-refractivity contribution in [3.63, 3.8) is 0 Å². The number of hydrogen-bond acceptors (Lipinski definition) is 4. The van der Waals surface area contributed by atoms with Crippen molar-refractivity contribution >= 4 is 11.6 Å². The predicted octanol–water partition coefficient (Wildman–Crippen LogP) is 1.69. The SMILES string of the molecule is CC1CCN(C(=O)C2CC(c3cc(F)ccc3F)=NO2)CC1O. The number of benzene rings is 1. The Morgan fingerprint density at radius 3 is 2.96 bits per heavy atom. The first kappa shape index (κ1) is 15.9. The molecule has 3 unspecified atom stereocenters. The quantitative estimate of drug-likeness (QED) is 0.900. The molecule has 1 fully saturated rings. The molecule has 3 rings (SSSR count). The zero-order chi connectivity index (χ0) is 16.6. The highest BCUT2D eigenvalue weighted by atomic mass is 19.1.